The number of hydrogen-bond acceptors (Lipinski definition) is 3. The van der Waals surface area contributed by atoms with Crippen LogP contribution < -0.4 is 10.1 Å². The van der Waals surface area contributed by atoms with E-state index in [4.69, 9.17) is 27.9 Å². The maximum absolute atomic E-state index is 12.7. The molecule has 0 aliphatic rings. The monoisotopic (exact) mass is 439 g/mol. The molecule has 7 heteroatoms. The van der Waals surface area contributed by atoms with Crippen LogP contribution in [0.1, 0.15) is 18.2 Å². The number of rotatable bonds is 7. The van der Waals surface area contributed by atoms with Gasteiger partial charge in [-0.25, -0.2) is 0 Å². The fourth-order valence-corrected chi connectivity index (χ4v) is 3.34. The Bertz CT molecular complexity index is 1130. The van der Waals surface area contributed by atoms with Crippen molar-refractivity contribution in [2.24, 2.45) is 0 Å². The average molecular weight is 440 g/mol. The third-order valence-corrected chi connectivity index (χ3v) is 4.90. The van der Waals surface area contributed by atoms with E-state index in [0.717, 1.165) is 5.56 Å². The molecule has 0 aliphatic carbocycles. The number of amides is 1. The maximum Gasteiger partial charge on any atom is 0.266 e. The molecule has 3 aromatic rings. The highest BCUT2D eigenvalue weighted by molar-refractivity contribution is 6.35. The molecule has 0 fully saturated rings. The van der Waals surface area contributed by atoms with Crippen molar-refractivity contribution in [3.8, 4) is 11.8 Å². The summed E-state index contributed by atoms with van der Waals surface area (Å²) in [6, 6.07) is 18.0. The first-order chi connectivity index (χ1) is 14.5. The Morgan fingerprint density at radius 2 is 2.00 bits per heavy atom. The lowest BCUT2D eigenvalue weighted by Gasteiger charge is -2.11. The van der Waals surface area contributed by atoms with Crippen LogP contribution in [0.25, 0.3) is 6.08 Å². The predicted octanol–water partition coefficient (Wildman–Crippen LogP) is 5.79. The molecule has 0 aliphatic heterocycles. The fraction of sp³-hybridized carbons (Fsp3) is 0.130. The summed E-state index contributed by atoms with van der Waals surface area (Å²) in [4.78, 5) is 12.7. The Labute approximate surface area is 185 Å². The number of anilines is 1. The van der Waals surface area contributed by atoms with Crippen LogP contribution in [0.15, 0.2) is 66.4 Å². The molecule has 152 valence electrons. The van der Waals surface area contributed by atoms with Gasteiger partial charge in [-0.3, -0.25) is 4.79 Å². The summed E-state index contributed by atoms with van der Waals surface area (Å²) in [6.07, 6.45) is 3.40. The number of nitrogens with one attached hydrogen (secondary N) is 1. The molecule has 1 aromatic heterocycles. The van der Waals surface area contributed by atoms with Crippen molar-refractivity contribution in [3.05, 3.63) is 87.7 Å². The van der Waals surface area contributed by atoms with Crippen molar-refractivity contribution in [2.75, 3.05) is 11.9 Å². The lowest BCUT2D eigenvalue weighted by atomic mass is 10.2. The lowest BCUT2D eigenvalue weighted by molar-refractivity contribution is -0.112. The van der Waals surface area contributed by atoms with E-state index in [0.29, 0.717) is 40.3 Å². The van der Waals surface area contributed by atoms with Crippen LogP contribution >= 0.6 is 23.2 Å². The molecule has 1 N–H and O–H groups in total. The predicted molar refractivity (Wildman–Crippen MR) is 120 cm³/mol. The molecule has 0 radical (unpaired) electrons. The van der Waals surface area contributed by atoms with Gasteiger partial charge in [0.2, 0.25) is 0 Å². The number of benzene rings is 2. The summed E-state index contributed by atoms with van der Waals surface area (Å²) in [5, 5.41) is 13.4. The molecule has 0 spiro atoms. The summed E-state index contributed by atoms with van der Waals surface area (Å²) in [6.45, 7) is 2.80. The van der Waals surface area contributed by atoms with Crippen LogP contribution in [-0.4, -0.2) is 17.1 Å². The molecule has 3 rings (SSSR count). The van der Waals surface area contributed by atoms with Gasteiger partial charge < -0.3 is 14.6 Å². The normalized spacial score (nSPS) is 11.1. The third-order valence-electron chi connectivity index (χ3n) is 4.31. The van der Waals surface area contributed by atoms with Gasteiger partial charge in [0.15, 0.2) is 0 Å². The van der Waals surface area contributed by atoms with E-state index in [1.165, 1.54) is 0 Å². The van der Waals surface area contributed by atoms with Crippen molar-refractivity contribution >= 4 is 40.9 Å². The van der Waals surface area contributed by atoms with Crippen LogP contribution in [0.4, 0.5) is 5.69 Å². The van der Waals surface area contributed by atoms with E-state index in [1.54, 1.807) is 36.4 Å². The molecule has 2 aromatic carbocycles. The number of ether oxygens (including phenoxy) is 1. The van der Waals surface area contributed by atoms with Crippen molar-refractivity contribution in [2.45, 2.75) is 13.5 Å². The van der Waals surface area contributed by atoms with Gasteiger partial charge >= 0.3 is 0 Å². The molecule has 0 atom stereocenters. The average Bonchev–Trinajstić information content (AvgIpc) is 3.16. The molecule has 0 bridgehead atoms. The number of carbonyl (C=O) groups is 1. The number of carbonyl (C=O) groups excluding carboxylic acids is 1. The number of para-hydroxylation sites is 2. The minimum absolute atomic E-state index is 0.0246. The van der Waals surface area contributed by atoms with E-state index in [-0.39, 0.29) is 5.57 Å². The number of aromatic nitrogens is 1. The molecular weight excluding hydrogens is 421 g/mol. The summed E-state index contributed by atoms with van der Waals surface area (Å²) in [5.41, 5.74) is 2.06. The standard InChI is InChI=1S/C23H19Cl2N3O2/c1-2-30-22-8-4-3-7-21(22)27-23(29)17(14-26)12-19-6-5-11-28(19)15-16-9-10-18(24)13-20(16)25/h3-13H,2,15H2,1H3,(H,27,29)/b17-12+. The first-order valence-electron chi connectivity index (χ1n) is 9.26. The Hall–Kier alpha value is -3.20. The second-order valence-corrected chi connectivity index (χ2v) is 7.19. The Morgan fingerprint density at radius 1 is 1.20 bits per heavy atom. The molecule has 1 heterocycles. The molecule has 30 heavy (non-hydrogen) atoms. The van der Waals surface area contributed by atoms with Gasteiger partial charge in [-0.1, -0.05) is 41.4 Å². The highest BCUT2D eigenvalue weighted by atomic mass is 35.5. The van der Waals surface area contributed by atoms with E-state index in [1.807, 2.05) is 48.0 Å². The molecule has 5 nitrogen and oxygen atoms in total. The van der Waals surface area contributed by atoms with E-state index in [2.05, 4.69) is 5.32 Å². The third kappa shape index (κ3) is 5.24. The minimum atomic E-state index is -0.512. The highest BCUT2D eigenvalue weighted by Gasteiger charge is 2.14. The van der Waals surface area contributed by atoms with Crippen molar-refractivity contribution < 1.29 is 9.53 Å². The smallest absolute Gasteiger partial charge is 0.266 e. The topological polar surface area (TPSA) is 67.0 Å². The SMILES string of the molecule is CCOc1ccccc1NC(=O)/C(C#N)=C/c1cccn1Cc1ccc(Cl)cc1Cl. The summed E-state index contributed by atoms with van der Waals surface area (Å²) < 4.78 is 7.42. The minimum Gasteiger partial charge on any atom is -0.492 e. The highest BCUT2D eigenvalue weighted by Crippen LogP contribution is 2.25. The van der Waals surface area contributed by atoms with E-state index >= 15 is 0 Å². The zero-order chi connectivity index (χ0) is 21.5. The van der Waals surface area contributed by atoms with Gasteiger partial charge in [0, 0.05) is 28.5 Å². The quantitative estimate of drug-likeness (QED) is 0.374. The molecule has 1 amide bonds. The number of halogens is 2. The van der Waals surface area contributed by atoms with E-state index < -0.39 is 5.91 Å². The van der Waals surface area contributed by atoms with Gasteiger partial charge in [-0.2, -0.15) is 5.26 Å². The van der Waals surface area contributed by atoms with E-state index in [9.17, 15) is 10.1 Å². The number of nitriles is 1. The zero-order valence-electron chi connectivity index (χ0n) is 16.2. The van der Waals surface area contributed by atoms with Crippen LogP contribution in [-0.2, 0) is 11.3 Å². The van der Waals surface area contributed by atoms with Crippen LogP contribution in [0.5, 0.6) is 5.75 Å². The number of hydrogen-bond donors (Lipinski definition) is 1. The van der Waals surface area contributed by atoms with Crippen molar-refractivity contribution in [1.82, 2.24) is 4.57 Å². The fourth-order valence-electron chi connectivity index (χ4n) is 2.87. The summed E-state index contributed by atoms with van der Waals surface area (Å²) in [7, 11) is 0. The first kappa shape index (κ1) is 21.5. The van der Waals surface area contributed by atoms with Crippen molar-refractivity contribution in [1.29, 1.82) is 5.26 Å². The summed E-state index contributed by atoms with van der Waals surface area (Å²) >= 11 is 12.2. The zero-order valence-corrected chi connectivity index (χ0v) is 17.7. The van der Waals surface area contributed by atoms with Crippen LogP contribution in [0.2, 0.25) is 10.0 Å². The van der Waals surface area contributed by atoms with Gasteiger partial charge in [0.25, 0.3) is 5.91 Å². The van der Waals surface area contributed by atoms with Gasteiger partial charge in [-0.15, -0.1) is 0 Å². The molecule has 0 unspecified atom stereocenters. The van der Waals surface area contributed by atoms with Crippen molar-refractivity contribution in [3.63, 3.8) is 0 Å². The molecule has 0 saturated heterocycles. The molecule has 0 saturated carbocycles. The Kier molecular flexibility index (Phi) is 7.18. The summed E-state index contributed by atoms with van der Waals surface area (Å²) in [5.74, 6) is 0.0355. The Balaban J connectivity index is 1.83. The Morgan fingerprint density at radius 3 is 2.73 bits per heavy atom. The van der Waals surface area contributed by atoms with Crippen LogP contribution in [0.3, 0.4) is 0 Å². The molecular formula is C23H19Cl2N3O2. The first-order valence-corrected chi connectivity index (χ1v) is 10.0. The lowest BCUT2D eigenvalue weighted by Crippen LogP contribution is -2.14. The second-order valence-electron chi connectivity index (χ2n) is 6.35. The van der Waals surface area contributed by atoms with Gasteiger partial charge in [-0.05, 0) is 55.0 Å². The van der Waals surface area contributed by atoms with Gasteiger partial charge in [0.1, 0.15) is 17.4 Å². The number of nitrogens with zero attached hydrogens (tertiary/aromatic N) is 2. The van der Waals surface area contributed by atoms with Gasteiger partial charge in [0.05, 0.1) is 12.3 Å². The van der Waals surface area contributed by atoms with Crippen LogP contribution in [0, 0.1) is 11.3 Å². The largest absolute Gasteiger partial charge is 0.492 e. The maximum atomic E-state index is 12.7. The second kappa shape index (κ2) is 10.0.